The number of benzene rings is 3. The highest BCUT2D eigenvalue weighted by Gasteiger charge is 2.37. The first-order valence-corrected chi connectivity index (χ1v) is 16.7. The van der Waals surface area contributed by atoms with Crippen molar-refractivity contribution in [1.29, 1.82) is 0 Å². The van der Waals surface area contributed by atoms with E-state index in [9.17, 15) is 31.1 Å². The molecule has 0 saturated carbocycles. The molecule has 0 fully saturated rings. The SMILES string of the molecule is COCCOc1cc(-c2cc(C(C)C)ccc2OC)c(CN(Cc2cc(C(F)(F)F)cc(C(F)(F)F)c2)c2ncc(OCCCC(=O)O)cn2)cc1OC. The van der Waals surface area contributed by atoms with Crippen molar-refractivity contribution in [3.63, 3.8) is 0 Å². The largest absolute Gasteiger partial charge is 0.496 e. The van der Waals surface area contributed by atoms with Crippen molar-refractivity contribution in [3.05, 3.63) is 88.7 Å². The average molecular weight is 766 g/mol. The number of methoxy groups -OCH3 is 3. The molecule has 0 unspecified atom stereocenters. The smallest absolute Gasteiger partial charge is 0.416 e. The lowest BCUT2D eigenvalue weighted by Crippen LogP contribution is -2.25. The molecule has 1 N–H and O–H groups in total. The van der Waals surface area contributed by atoms with Gasteiger partial charge in [-0.3, -0.25) is 4.79 Å². The van der Waals surface area contributed by atoms with Gasteiger partial charge in [-0.2, -0.15) is 26.3 Å². The molecule has 54 heavy (non-hydrogen) atoms. The van der Waals surface area contributed by atoms with E-state index < -0.39 is 36.0 Å². The van der Waals surface area contributed by atoms with Gasteiger partial charge in [0.1, 0.15) is 12.4 Å². The highest BCUT2D eigenvalue weighted by Crippen LogP contribution is 2.42. The molecule has 0 atom stereocenters. The summed E-state index contributed by atoms with van der Waals surface area (Å²) in [6, 6.07) is 10.4. The summed E-state index contributed by atoms with van der Waals surface area (Å²) in [5, 5.41) is 8.89. The van der Waals surface area contributed by atoms with Crippen LogP contribution in [0.25, 0.3) is 11.1 Å². The molecule has 16 heteroatoms. The fraction of sp³-hybridized carbons (Fsp3) is 0.395. The molecular weight excluding hydrogens is 724 g/mol. The number of aromatic nitrogens is 2. The second kappa shape index (κ2) is 18.2. The maximum atomic E-state index is 13.9. The van der Waals surface area contributed by atoms with E-state index in [1.54, 1.807) is 12.1 Å². The van der Waals surface area contributed by atoms with Crippen molar-refractivity contribution in [2.75, 3.05) is 46.0 Å². The molecule has 0 bridgehead atoms. The minimum absolute atomic E-state index is 0.0441. The van der Waals surface area contributed by atoms with E-state index in [2.05, 4.69) is 9.97 Å². The molecule has 3 aromatic carbocycles. The van der Waals surface area contributed by atoms with Crippen molar-refractivity contribution in [1.82, 2.24) is 9.97 Å². The van der Waals surface area contributed by atoms with Crippen LogP contribution in [-0.2, 0) is 35.0 Å². The molecule has 1 heterocycles. The van der Waals surface area contributed by atoms with Crippen molar-refractivity contribution in [3.8, 4) is 34.1 Å². The molecule has 1 aromatic heterocycles. The maximum Gasteiger partial charge on any atom is 0.416 e. The van der Waals surface area contributed by atoms with E-state index in [1.807, 2.05) is 32.0 Å². The number of anilines is 1. The van der Waals surface area contributed by atoms with Crippen LogP contribution >= 0.6 is 0 Å². The fourth-order valence-electron chi connectivity index (χ4n) is 5.48. The van der Waals surface area contributed by atoms with Gasteiger partial charge in [-0.25, -0.2) is 9.97 Å². The van der Waals surface area contributed by atoms with Gasteiger partial charge in [-0.15, -0.1) is 0 Å². The van der Waals surface area contributed by atoms with E-state index in [1.165, 1.54) is 38.6 Å². The standard InChI is InChI=1S/C38H41F6N3O7/c1-23(2)25-8-9-32(51-4)31(15-25)30-18-34(54-12-11-50-3)33(52-5)16-26(30)22-47(36-45-19-29(20-46-36)53-10-6-7-35(48)49)21-24-13-27(37(39,40)41)17-28(14-24)38(42,43)44/h8-9,13-20,23H,6-7,10-12,21-22H2,1-5H3,(H,48,49). The second-order valence-corrected chi connectivity index (χ2v) is 12.5. The Morgan fingerprint density at radius 3 is 1.96 bits per heavy atom. The highest BCUT2D eigenvalue weighted by atomic mass is 19.4. The summed E-state index contributed by atoms with van der Waals surface area (Å²) >= 11 is 0. The monoisotopic (exact) mass is 765 g/mol. The number of hydrogen-bond acceptors (Lipinski definition) is 9. The van der Waals surface area contributed by atoms with Crippen LogP contribution in [0, 0.1) is 0 Å². The normalized spacial score (nSPS) is 11.8. The van der Waals surface area contributed by atoms with Crippen LogP contribution in [0.5, 0.6) is 23.0 Å². The van der Waals surface area contributed by atoms with Crippen LogP contribution in [0.2, 0.25) is 0 Å². The molecule has 0 spiro atoms. The van der Waals surface area contributed by atoms with Crippen molar-refractivity contribution >= 4 is 11.9 Å². The molecule has 4 rings (SSSR count). The number of aliphatic carboxylic acids is 1. The van der Waals surface area contributed by atoms with Gasteiger partial charge >= 0.3 is 18.3 Å². The number of carbonyl (C=O) groups is 1. The molecule has 292 valence electrons. The van der Waals surface area contributed by atoms with E-state index in [0.717, 1.165) is 5.56 Å². The Morgan fingerprint density at radius 2 is 1.41 bits per heavy atom. The first kappa shape index (κ1) is 41.5. The zero-order valence-corrected chi connectivity index (χ0v) is 30.3. The molecule has 0 saturated heterocycles. The molecule has 0 aliphatic rings. The van der Waals surface area contributed by atoms with Gasteiger partial charge in [-0.05, 0) is 77.1 Å². The zero-order valence-electron chi connectivity index (χ0n) is 30.3. The van der Waals surface area contributed by atoms with Crippen LogP contribution in [0.3, 0.4) is 0 Å². The van der Waals surface area contributed by atoms with Gasteiger partial charge in [0.25, 0.3) is 0 Å². The van der Waals surface area contributed by atoms with Crippen molar-refractivity contribution in [2.45, 2.75) is 58.0 Å². The summed E-state index contributed by atoms with van der Waals surface area (Å²) < 4.78 is 111. The number of rotatable bonds is 18. The minimum atomic E-state index is -5.06. The van der Waals surface area contributed by atoms with Gasteiger partial charge < -0.3 is 33.7 Å². The minimum Gasteiger partial charge on any atom is -0.496 e. The quantitative estimate of drug-likeness (QED) is 0.0779. The van der Waals surface area contributed by atoms with Gasteiger partial charge in [0.2, 0.25) is 5.95 Å². The van der Waals surface area contributed by atoms with E-state index in [4.69, 9.17) is 28.8 Å². The zero-order chi connectivity index (χ0) is 39.6. The maximum absolute atomic E-state index is 13.9. The first-order valence-electron chi connectivity index (χ1n) is 16.7. The summed E-state index contributed by atoms with van der Waals surface area (Å²) in [6.45, 7) is 3.90. The van der Waals surface area contributed by atoms with Crippen LogP contribution in [-0.4, -0.2) is 62.2 Å². The topological polar surface area (TPSA) is 112 Å². The Kier molecular flexibility index (Phi) is 14.0. The third-order valence-corrected chi connectivity index (χ3v) is 8.20. The second-order valence-electron chi connectivity index (χ2n) is 12.5. The summed E-state index contributed by atoms with van der Waals surface area (Å²) in [5.74, 6) is 0.396. The third kappa shape index (κ3) is 11.1. The van der Waals surface area contributed by atoms with Gasteiger partial charge in [0.15, 0.2) is 17.2 Å². The molecule has 10 nitrogen and oxygen atoms in total. The van der Waals surface area contributed by atoms with Crippen LogP contribution in [0.1, 0.15) is 60.4 Å². The Labute approximate surface area is 308 Å². The summed E-state index contributed by atoms with van der Waals surface area (Å²) in [5.41, 5.74) is -0.527. The van der Waals surface area contributed by atoms with Crippen LogP contribution < -0.4 is 23.8 Å². The molecule has 0 aliphatic heterocycles. The molecule has 4 aromatic rings. The summed E-state index contributed by atoms with van der Waals surface area (Å²) in [6.07, 6.45) is -7.48. The van der Waals surface area contributed by atoms with E-state index in [-0.39, 0.29) is 68.5 Å². The third-order valence-electron chi connectivity index (χ3n) is 8.20. The number of ether oxygens (including phenoxy) is 5. The number of halogens is 6. The van der Waals surface area contributed by atoms with Crippen molar-refractivity contribution < 1.29 is 59.9 Å². The van der Waals surface area contributed by atoms with Gasteiger partial charge in [-0.1, -0.05) is 19.9 Å². The highest BCUT2D eigenvalue weighted by molar-refractivity contribution is 5.77. The summed E-state index contributed by atoms with van der Waals surface area (Å²) in [4.78, 5) is 21.0. The van der Waals surface area contributed by atoms with Gasteiger partial charge in [0.05, 0.1) is 51.0 Å². The Morgan fingerprint density at radius 1 is 0.759 bits per heavy atom. The number of carboxylic acid groups (broad SMARTS) is 1. The van der Waals surface area contributed by atoms with E-state index >= 15 is 0 Å². The number of hydrogen-bond donors (Lipinski definition) is 1. The number of nitrogens with zero attached hydrogens (tertiary/aromatic N) is 3. The molecule has 0 amide bonds. The molecule has 0 aliphatic carbocycles. The van der Waals surface area contributed by atoms with E-state index in [0.29, 0.717) is 46.1 Å². The summed E-state index contributed by atoms with van der Waals surface area (Å²) in [7, 11) is 4.46. The Balaban J connectivity index is 1.89. The number of alkyl halides is 6. The molecular formula is C38H41F6N3O7. The fourth-order valence-corrected chi connectivity index (χ4v) is 5.48. The first-order chi connectivity index (χ1) is 25.5. The average Bonchev–Trinajstić information content (AvgIpc) is 3.12. The Hall–Kier alpha value is -5.25. The van der Waals surface area contributed by atoms with Crippen LogP contribution in [0.4, 0.5) is 32.3 Å². The predicted molar refractivity (Wildman–Crippen MR) is 187 cm³/mol. The Bertz CT molecular complexity index is 1840. The predicted octanol–water partition coefficient (Wildman–Crippen LogP) is 8.80. The van der Waals surface area contributed by atoms with Crippen LogP contribution in [0.15, 0.2) is 60.9 Å². The molecule has 0 radical (unpaired) electrons. The lowest BCUT2D eigenvalue weighted by atomic mass is 9.93. The van der Waals surface area contributed by atoms with Gasteiger partial charge in [0, 0.05) is 32.2 Å². The lowest BCUT2D eigenvalue weighted by molar-refractivity contribution is -0.143. The lowest BCUT2D eigenvalue weighted by Gasteiger charge is -2.26. The van der Waals surface area contributed by atoms with Crippen molar-refractivity contribution in [2.24, 2.45) is 0 Å². The number of carboxylic acids is 1.